The topological polar surface area (TPSA) is 85.8 Å². The molecule has 1 aromatic heterocycles. The van der Waals surface area contributed by atoms with Gasteiger partial charge in [0.25, 0.3) is 5.82 Å². The first-order valence-corrected chi connectivity index (χ1v) is 8.38. The highest BCUT2D eigenvalue weighted by Gasteiger charge is 2.38. The van der Waals surface area contributed by atoms with Gasteiger partial charge in [-0.15, -0.1) is 10.2 Å². The summed E-state index contributed by atoms with van der Waals surface area (Å²) in [6.07, 6.45) is -1.53. The smallest absolute Gasteiger partial charge is 0.352 e. The fourth-order valence-electron chi connectivity index (χ4n) is 2.73. The van der Waals surface area contributed by atoms with Crippen molar-refractivity contribution >= 4 is 17.7 Å². The van der Waals surface area contributed by atoms with Crippen LogP contribution in [0.1, 0.15) is 38.9 Å². The third-order valence-corrected chi connectivity index (χ3v) is 5.25. The van der Waals surface area contributed by atoms with Crippen LogP contribution in [0.3, 0.4) is 0 Å². The van der Waals surface area contributed by atoms with Gasteiger partial charge in [-0.25, -0.2) is 4.68 Å². The number of hydrogen-bond donors (Lipinski definition) is 2. The van der Waals surface area contributed by atoms with Crippen molar-refractivity contribution in [2.75, 3.05) is 11.6 Å². The molecule has 0 spiro atoms. The second-order valence-corrected chi connectivity index (χ2v) is 6.85. The number of halogens is 3. The number of nitrogen functional groups attached to an aromatic ring is 1. The van der Waals surface area contributed by atoms with Gasteiger partial charge in [-0.2, -0.15) is 13.2 Å². The Morgan fingerprint density at radius 3 is 2.70 bits per heavy atom. The minimum atomic E-state index is -4.67. The zero-order chi connectivity index (χ0) is 17.2. The van der Waals surface area contributed by atoms with E-state index >= 15 is 0 Å². The number of rotatable bonds is 4. The first-order chi connectivity index (χ1) is 10.7. The molecule has 1 amide bonds. The molecule has 10 heteroatoms. The van der Waals surface area contributed by atoms with Crippen molar-refractivity contribution < 1.29 is 18.0 Å². The van der Waals surface area contributed by atoms with Gasteiger partial charge in [0, 0.05) is 6.04 Å². The Labute approximate surface area is 136 Å². The minimum absolute atomic E-state index is 0.0508. The Hall–Kier alpha value is -1.45. The summed E-state index contributed by atoms with van der Waals surface area (Å²) in [6.45, 7) is 4.27. The van der Waals surface area contributed by atoms with Crippen molar-refractivity contribution in [3.05, 3.63) is 5.82 Å². The van der Waals surface area contributed by atoms with Gasteiger partial charge < -0.3 is 11.2 Å². The molecule has 6 nitrogen and oxygen atoms in total. The molecule has 3 N–H and O–H groups in total. The lowest BCUT2D eigenvalue weighted by Crippen LogP contribution is -2.44. The summed E-state index contributed by atoms with van der Waals surface area (Å²) < 4.78 is 38.0. The number of nitrogens with zero attached hydrogens (tertiary/aromatic N) is 3. The van der Waals surface area contributed by atoms with Crippen LogP contribution in [0.2, 0.25) is 0 Å². The van der Waals surface area contributed by atoms with E-state index in [0.29, 0.717) is 16.5 Å². The first-order valence-electron chi connectivity index (χ1n) is 7.40. The van der Waals surface area contributed by atoms with Crippen molar-refractivity contribution in [3.63, 3.8) is 0 Å². The standard InChI is InChI=1S/C13H20F3N5OS/c1-7-4-3-5-9(8(7)2)18-10(22)6-23-12-20-19-11(21(12)17)13(14,15)16/h7-9H,3-6,17H2,1-2H3,(H,18,22). The van der Waals surface area contributed by atoms with Crippen molar-refractivity contribution in [2.24, 2.45) is 11.8 Å². The number of carbonyl (C=O) groups is 1. The summed E-state index contributed by atoms with van der Waals surface area (Å²) in [6, 6.07) is 0.105. The summed E-state index contributed by atoms with van der Waals surface area (Å²) in [4.78, 5) is 12.0. The molecule has 130 valence electrons. The van der Waals surface area contributed by atoms with Gasteiger partial charge in [-0.1, -0.05) is 38.5 Å². The summed E-state index contributed by atoms with van der Waals surface area (Å²) >= 11 is 0.835. The number of amides is 1. The maximum atomic E-state index is 12.6. The van der Waals surface area contributed by atoms with E-state index in [-0.39, 0.29) is 22.9 Å². The van der Waals surface area contributed by atoms with E-state index in [1.54, 1.807) is 0 Å². The van der Waals surface area contributed by atoms with Gasteiger partial charge in [0.15, 0.2) is 0 Å². The molecule has 0 aromatic carbocycles. The number of carbonyl (C=O) groups excluding carboxylic acids is 1. The average molecular weight is 351 g/mol. The van der Waals surface area contributed by atoms with Crippen LogP contribution in [0.15, 0.2) is 5.16 Å². The number of nitrogens with one attached hydrogen (secondary N) is 1. The van der Waals surface area contributed by atoms with E-state index in [9.17, 15) is 18.0 Å². The molecule has 0 aliphatic heterocycles. The molecule has 2 rings (SSSR count). The van der Waals surface area contributed by atoms with Crippen LogP contribution >= 0.6 is 11.8 Å². The zero-order valence-corrected chi connectivity index (χ0v) is 13.7. The van der Waals surface area contributed by atoms with Gasteiger partial charge in [0.1, 0.15) is 0 Å². The number of nitrogens with two attached hydrogens (primary N) is 1. The Morgan fingerprint density at radius 1 is 1.39 bits per heavy atom. The van der Waals surface area contributed by atoms with Crippen molar-refractivity contribution in [3.8, 4) is 0 Å². The van der Waals surface area contributed by atoms with Crippen molar-refractivity contribution in [1.82, 2.24) is 20.2 Å². The molecular formula is C13H20F3N5OS. The molecule has 0 bridgehead atoms. The molecule has 0 radical (unpaired) electrons. The normalized spacial score (nSPS) is 25.3. The third kappa shape index (κ3) is 4.30. The molecule has 1 aliphatic rings. The lowest BCUT2D eigenvalue weighted by molar-refractivity contribution is -0.146. The molecule has 1 aliphatic carbocycles. The Kier molecular flexibility index (Phi) is 5.43. The van der Waals surface area contributed by atoms with Crippen LogP contribution in [-0.2, 0) is 11.0 Å². The van der Waals surface area contributed by atoms with Crippen LogP contribution in [0.5, 0.6) is 0 Å². The fraction of sp³-hybridized carbons (Fsp3) is 0.769. The summed E-state index contributed by atoms with van der Waals surface area (Å²) in [7, 11) is 0. The molecule has 1 heterocycles. The van der Waals surface area contributed by atoms with Crippen LogP contribution in [-0.4, -0.2) is 32.6 Å². The zero-order valence-electron chi connectivity index (χ0n) is 12.9. The van der Waals surface area contributed by atoms with E-state index in [0.717, 1.165) is 31.0 Å². The third-order valence-electron chi connectivity index (χ3n) is 4.30. The Balaban J connectivity index is 1.89. The molecule has 0 saturated heterocycles. The first kappa shape index (κ1) is 17.9. The maximum absolute atomic E-state index is 12.6. The van der Waals surface area contributed by atoms with Crippen LogP contribution < -0.4 is 11.2 Å². The van der Waals surface area contributed by atoms with Crippen molar-refractivity contribution in [2.45, 2.75) is 50.5 Å². The molecule has 23 heavy (non-hydrogen) atoms. The fourth-order valence-corrected chi connectivity index (χ4v) is 3.40. The van der Waals surface area contributed by atoms with Gasteiger partial charge >= 0.3 is 6.18 Å². The summed E-state index contributed by atoms with van der Waals surface area (Å²) in [5, 5.41) is 9.20. The highest BCUT2D eigenvalue weighted by Crippen LogP contribution is 2.30. The average Bonchev–Trinajstić information content (AvgIpc) is 2.83. The van der Waals surface area contributed by atoms with Crippen LogP contribution in [0, 0.1) is 11.8 Å². The van der Waals surface area contributed by atoms with E-state index < -0.39 is 12.0 Å². The van der Waals surface area contributed by atoms with Crippen LogP contribution in [0.4, 0.5) is 13.2 Å². The Morgan fingerprint density at radius 2 is 2.09 bits per heavy atom. The number of hydrogen-bond acceptors (Lipinski definition) is 5. The van der Waals surface area contributed by atoms with Gasteiger partial charge in [0.05, 0.1) is 5.75 Å². The highest BCUT2D eigenvalue weighted by atomic mass is 32.2. The second-order valence-electron chi connectivity index (χ2n) is 5.90. The number of thioether (sulfide) groups is 1. The predicted octanol–water partition coefficient (Wildman–Crippen LogP) is 2.04. The SMILES string of the molecule is CC1CCCC(NC(=O)CSc2nnc(C(F)(F)F)n2N)C1C. The molecule has 3 atom stereocenters. The van der Waals surface area contributed by atoms with Gasteiger partial charge in [0.2, 0.25) is 11.1 Å². The minimum Gasteiger partial charge on any atom is -0.352 e. The predicted molar refractivity (Wildman–Crippen MR) is 80.0 cm³/mol. The summed E-state index contributed by atoms with van der Waals surface area (Å²) in [5.74, 6) is 4.67. The molecule has 1 aromatic rings. The highest BCUT2D eigenvalue weighted by molar-refractivity contribution is 7.99. The largest absolute Gasteiger partial charge is 0.453 e. The Bertz CT molecular complexity index is 562. The number of aromatic nitrogens is 3. The van der Waals surface area contributed by atoms with Crippen LogP contribution in [0.25, 0.3) is 0 Å². The lowest BCUT2D eigenvalue weighted by Gasteiger charge is -2.34. The molecule has 1 fully saturated rings. The monoisotopic (exact) mass is 351 g/mol. The molecule has 1 saturated carbocycles. The lowest BCUT2D eigenvalue weighted by atomic mass is 9.78. The summed E-state index contributed by atoms with van der Waals surface area (Å²) in [5.41, 5.74) is 0. The van der Waals surface area contributed by atoms with E-state index in [4.69, 9.17) is 5.84 Å². The second kappa shape index (κ2) is 6.98. The molecular weight excluding hydrogens is 331 g/mol. The number of alkyl halides is 3. The quantitative estimate of drug-likeness (QED) is 0.640. The van der Waals surface area contributed by atoms with E-state index in [1.807, 2.05) is 0 Å². The van der Waals surface area contributed by atoms with E-state index in [2.05, 4.69) is 29.4 Å². The van der Waals surface area contributed by atoms with Crippen molar-refractivity contribution in [1.29, 1.82) is 0 Å². The van der Waals surface area contributed by atoms with Gasteiger partial charge in [-0.05, 0) is 18.3 Å². The maximum Gasteiger partial charge on any atom is 0.453 e. The van der Waals surface area contributed by atoms with E-state index in [1.165, 1.54) is 0 Å². The van der Waals surface area contributed by atoms with Gasteiger partial charge in [-0.3, -0.25) is 4.79 Å². The molecule has 3 unspecified atom stereocenters.